The van der Waals surface area contributed by atoms with Crippen LogP contribution in [0.2, 0.25) is 5.02 Å². The molecule has 0 aliphatic carbocycles. The molecule has 0 fully saturated rings. The molecule has 0 heterocycles. The lowest BCUT2D eigenvalue weighted by Gasteiger charge is -2.07. The third-order valence-electron chi connectivity index (χ3n) is 2.83. The summed E-state index contributed by atoms with van der Waals surface area (Å²) in [4.78, 5) is 11.8. The van der Waals surface area contributed by atoms with Crippen molar-refractivity contribution in [1.82, 2.24) is 4.72 Å². The van der Waals surface area contributed by atoms with Crippen LogP contribution < -0.4 is 4.72 Å². The maximum absolute atomic E-state index is 12.0. The van der Waals surface area contributed by atoms with Gasteiger partial charge in [0.05, 0.1) is 4.90 Å². The van der Waals surface area contributed by atoms with Crippen molar-refractivity contribution in [3.8, 4) is 0 Å². The van der Waals surface area contributed by atoms with Gasteiger partial charge >= 0.3 is 0 Å². The van der Waals surface area contributed by atoms with E-state index in [1.54, 1.807) is 36.4 Å². The third kappa shape index (κ3) is 4.58. The molecule has 0 aliphatic rings. The van der Waals surface area contributed by atoms with Gasteiger partial charge in [0.2, 0.25) is 5.91 Å². The van der Waals surface area contributed by atoms with Crippen LogP contribution in [0.1, 0.15) is 12.0 Å². The molecule has 0 aromatic heterocycles. The molecule has 110 valence electrons. The summed E-state index contributed by atoms with van der Waals surface area (Å²) in [5.74, 6) is -0.543. The van der Waals surface area contributed by atoms with Crippen LogP contribution in [0.5, 0.6) is 0 Å². The van der Waals surface area contributed by atoms with Crippen molar-refractivity contribution in [1.29, 1.82) is 0 Å². The minimum atomic E-state index is -3.80. The van der Waals surface area contributed by atoms with Crippen LogP contribution in [0.4, 0.5) is 0 Å². The number of hydrogen-bond acceptors (Lipinski definition) is 3. The van der Waals surface area contributed by atoms with Crippen LogP contribution in [-0.4, -0.2) is 14.3 Å². The van der Waals surface area contributed by atoms with E-state index in [4.69, 9.17) is 11.6 Å². The molecule has 1 N–H and O–H groups in total. The Labute approximate surface area is 128 Å². The molecule has 0 saturated carbocycles. The van der Waals surface area contributed by atoms with Crippen LogP contribution >= 0.6 is 11.6 Å². The second kappa shape index (κ2) is 6.74. The molecule has 0 saturated heterocycles. The number of sulfonamides is 1. The van der Waals surface area contributed by atoms with Gasteiger partial charge in [0, 0.05) is 11.4 Å². The molecule has 2 aromatic carbocycles. The molecule has 2 aromatic rings. The summed E-state index contributed by atoms with van der Waals surface area (Å²) in [5.41, 5.74) is 0.884. The van der Waals surface area contributed by atoms with E-state index < -0.39 is 15.9 Å². The maximum Gasteiger partial charge on any atom is 0.264 e. The summed E-state index contributed by atoms with van der Waals surface area (Å²) >= 11 is 5.85. The highest BCUT2D eigenvalue weighted by Crippen LogP contribution is 2.12. The van der Waals surface area contributed by atoms with Crippen molar-refractivity contribution in [3.05, 3.63) is 65.2 Å². The van der Waals surface area contributed by atoms with E-state index in [9.17, 15) is 13.2 Å². The number of nitrogens with one attached hydrogen (secondary N) is 1. The molecule has 0 bridgehead atoms. The van der Waals surface area contributed by atoms with Gasteiger partial charge in [0.15, 0.2) is 0 Å². The quantitative estimate of drug-likeness (QED) is 0.920. The smallest absolute Gasteiger partial charge is 0.264 e. The fourth-order valence-corrected chi connectivity index (χ4v) is 3.06. The van der Waals surface area contributed by atoms with Crippen LogP contribution in [0.15, 0.2) is 59.5 Å². The van der Waals surface area contributed by atoms with Crippen molar-refractivity contribution in [2.75, 3.05) is 0 Å². The lowest BCUT2D eigenvalue weighted by atomic mass is 10.1. The van der Waals surface area contributed by atoms with Crippen LogP contribution in [0.3, 0.4) is 0 Å². The van der Waals surface area contributed by atoms with Gasteiger partial charge < -0.3 is 0 Å². The zero-order valence-corrected chi connectivity index (χ0v) is 12.7. The average molecular weight is 324 g/mol. The molecule has 4 nitrogen and oxygen atoms in total. The SMILES string of the molecule is O=C(CCc1cccc(Cl)c1)NS(=O)(=O)c1ccccc1. The molecule has 21 heavy (non-hydrogen) atoms. The summed E-state index contributed by atoms with van der Waals surface area (Å²) in [7, 11) is -3.80. The number of carbonyl (C=O) groups is 1. The van der Waals surface area contributed by atoms with E-state index in [2.05, 4.69) is 4.72 Å². The highest BCUT2D eigenvalue weighted by molar-refractivity contribution is 7.90. The first-order valence-electron chi connectivity index (χ1n) is 6.32. The largest absolute Gasteiger partial charge is 0.274 e. The van der Waals surface area contributed by atoms with Gasteiger partial charge in [-0.3, -0.25) is 4.79 Å². The van der Waals surface area contributed by atoms with E-state index in [1.165, 1.54) is 12.1 Å². The number of rotatable bonds is 5. The molecule has 0 atom stereocenters. The predicted octanol–water partition coefficient (Wildman–Crippen LogP) is 2.78. The summed E-state index contributed by atoms with van der Waals surface area (Å²) < 4.78 is 26.0. The standard InChI is InChI=1S/C15H14ClNO3S/c16-13-6-4-5-12(11-13)9-10-15(18)17-21(19,20)14-7-2-1-3-8-14/h1-8,11H,9-10H2,(H,17,18). The number of benzene rings is 2. The van der Waals surface area contributed by atoms with Crippen LogP contribution in [0, 0.1) is 0 Å². The number of carbonyl (C=O) groups excluding carboxylic acids is 1. The Morgan fingerprint density at radius 2 is 1.76 bits per heavy atom. The van der Waals surface area contributed by atoms with Gasteiger partial charge in [-0.2, -0.15) is 0 Å². The van der Waals surface area contributed by atoms with Gasteiger partial charge in [-0.05, 0) is 36.2 Å². The minimum Gasteiger partial charge on any atom is -0.274 e. The summed E-state index contributed by atoms with van der Waals surface area (Å²) in [5, 5.41) is 0.588. The summed E-state index contributed by atoms with van der Waals surface area (Å²) in [6.07, 6.45) is 0.503. The highest BCUT2D eigenvalue weighted by Gasteiger charge is 2.16. The molecule has 1 amide bonds. The molecule has 2 rings (SSSR count). The number of hydrogen-bond donors (Lipinski definition) is 1. The Bertz CT molecular complexity index is 730. The van der Waals surface area contributed by atoms with E-state index in [-0.39, 0.29) is 11.3 Å². The van der Waals surface area contributed by atoms with Crippen molar-refractivity contribution in [2.24, 2.45) is 0 Å². The number of halogens is 1. The Morgan fingerprint density at radius 3 is 2.43 bits per heavy atom. The molecule has 0 radical (unpaired) electrons. The monoisotopic (exact) mass is 323 g/mol. The number of amides is 1. The Hall–Kier alpha value is -1.85. The first kappa shape index (κ1) is 15.5. The zero-order chi connectivity index (χ0) is 15.3. The molecular weight excluding hydrogens is 310 g/mol. The van der Waals surface area contributed by atoms with Gasteiger partial charge in [-0.1, -0.05) is 41.9 Å². The second-order valence-electron chi connectivity index (χ2n) is 4.47. The fourth-order valence-electron chi connectivity index (χ4n) is 1.81. The number of aryl methyl sites for hydroxylation is 1. The first-order chi connectivity index (χ1) is 9.97. The lowest BCUT2D eigenvalue weighted by molar-refractivity contribution is -0.119. The highest BCUT2D eigenvalue weighted by atomic mass is 35.5. The van der Waals surface area contributed by atoms with Crippen molar-refractivity contribution < 1.29 is 13.2 Å². The second-order valence-corrected chi connectivity index (χ2v) is 6.59. The van der Waals surface area contributed by atoms with Gasteiger partial charge in [0.1, 0.15) is 0 Å². The summed E-state index contributed by atoms with van der Waals surface area (Å²) in [6, 6.07) is 14.9. The lowest BCUT2D eigenvalue weighted by Crippen LogP contribution is -2.30. The fraction of sp³-hybridized carbons (Fsp3) is 0.133. The van der Waals surface area contributed by atoms with Crippen molar-refractivity contribution in [2.45, 2.75) is 17.7 Å². The maximum atomic E-state index is 12.0. The van der Waals surface area contributed by atoms with Crippen LogP contribution in [-0.2, 0) is 21.2 Å². The predicted molar refractivity (Wildman–Crippen MR) is 81.5 cm³/mol. The molecule has 0 spiro atoms. The van der Waals surface area contributed by atoms with Gasteiger partial charge in [-0.15, -0.1) is 0 Å². The van der Waals surface area contributed by atoms with E-state index >= 15 is 0 Å². The Kier molecular flexibility index (Phi) is 4.98. The van der Waals surface area contributed by atoms with Gasteiger partial charge in [-0.25, -0.2) is 13.1 Å². The zero-order valence-electron chi connectivity index (χ0n) is 11.1. The third-order valence-corrected chi connectivity index (χ3v) is 4.46. The Morgan fingerprint density at radius 1 is 1.05 bits per heavy atom. The van der Waals surface area contributed by atoms with Crippen molar-refractivity contribution in [3.63, 3.8) is 0 Å². The van der Waals surface area contributed by atoms with Crippen molar-refractivity contribution >= 4 is 27.5 Å². The normalized spacial score (nSPS) is 11.1. The molecule has 6 heteroatoms. The van der Waals surface area contributed by atoms with E-state index in [0.29, 0.717) is 11.4 Å². The summed E-state index contributed by atoms with van der Waals surface area (Å²) in [6.45, 7) is 0. The Balaban J connectivity index is 1.96. The molecule has 0 unspecified atom stereocenters. The average Bonchev–Trinajstić information content (AvgIpc) is 2.46. The van der Waals surface area contributed by atoms with Crippen LogP contribution in [0.25, 0.3) is 0 Å². The van der Waals surface area contributed by atoms with Gasteiger partial charge in [0.25, 0.3) is 10.0 Å². The first-order valence-corrected chi connectivity index (χ1v) is 8.18. The van der Waals surface area contributed by atoms with E-state index in [1.807, 2.05) is 6.07 Å². The minimum absolute atomic E-state index is 0.0705. The molecule has 0 aliphatic heterocycles. The van der Waals surface area contributed by atoms with E-state index in [0.717, 1.165) is 5.56 Å². The molecular formula is C15H14ClNO3S. The topological polar surface area (TPSA) is 63.2 Å².